The Hall–Kier alpha value is -1.44. The molecule has 1 atom stereocenters. The Balaban J connectivity index is 2.01. The molecule has 1 saturated heterocycles. The van der Waals surface area contributed by atoms with Crippen molar-refractivity contribution in [2.45, 2.75) is 24.7 Å². The smallest absolute Gasteiger partial charge is 0.251 e. The number of hydrogen-bond acceptors (Lipinski definition) is 4. The fraction of sp³-hybridized carbons (Fsp3) is 0.500. The Kier molecular flexibility index (Phi) is 4.97. The molecule has 1 aromatic carbocycles. The maximum Gasteiger partial charge on any atom is 0.251 e. The van der Waals surface area contributed by atoms with Crippen molar-refractivity contribution in [1.29, 1.82) is 0 Å². The molecule has 0 aliphatic carbocycles. The molecule has 0 radical (unpaired) electrons. The highest BCUT2D eigenvalue weighted by molar-refractivity contribution is 7.89. The van der Waals surface area contributed by atoms with Crippen LogP contribution in [-0.2, 0) is 14.8 Å². The Morgan fingerprint density at radius 1 is 1.48 bits per heavy atom. The molecule has 1 fully saturated rings. The summed E-state index contributed by atoms with van der Waals surface area (Å²) in [7, 11) is -3.81. The van der Waals surface area contributed by atoms with Crippen molar-refractivity contribution >= 4 is 15.9 Å². The van der Waals surface area contributed by atoms with Crippen LogP contribution < -0.4 is 10.5 Å². The van der Waals surface area contributed by atoms with Crippen LogP contribution >= 0.6 is 0 Å². The molecular weight excluding hydrogens is 292 g/mol. The van der Waals surface area contributed by atoms with Crippen LogP contribution in [0.15, 0.2) is 23.1 Å². The third-order valence-electron chi connectivity index (χ3n) is 3.64. The van der Waals surface area contributed by atoms with Gasteiger partial charge < -0.3 is 10.1 Å². The van der Waals surface area contributed by atoms with Gasteiger partial charge >= 0.3 is 0 Å². The number of amides is 1. The van der Waals surface area contributed by atoms with E-state index in [0.717, 1.165) is 26.1 Å². The molecule has 1 aromatic rings. The van der Waals surface area contributed by atoms with Crippen LogP contribution in [0.4, 0.5) is 0 Å². The lowest BCUT2D eigenvalue weighted by atomic mass is 10.0. The van der Waals surface area contributed by atoms with Gasteiger partial charge in [0.1, 0.15) is 0 Å². The van der Waals surface area contributed by atoms with Crippen LogP contribution in [0.2, 0.25) is 0 Å². The van der Waals surface area contributed by atoms with Gasteiger partial charge in [-0.05, 0) is 43.4 Å². The zero-order valence-electron chi connectivity index (χ0n) is 12.0. The average Bonchev–Trinajstić information content (AvgIpc) is 2.91. The second-order valence-corrected chi connectivity index (χ2v) is 6.86. The molecule has 0 bridgehead atoms. The number of nitrogens with two attached hydrogens (primary N) is 1. The van der Waals surface area contributed by atoms with Gasteiger partial charge in [0, 0.05) is 25.3 Å². The van der Waals surface area contributed by atoms with Crippen molar-refractivity contribution in [2.24, 2.45) is 11.1 Å². The number of sulfonamides is 1. The van der Waals surface area contributed by atoms with Gasteiger partial charge in [-0.2, -0.15) is 0 Å². The monoisotopic (exact) mass is 312 g/mol. The number of nitrogens with one attached hydrogen (secondary N) is 1. The molecule has 3 N–H and O–H groups in total. The second kappa shape index (κ2) is 6.55. The normalized spacial score (nSPS) is 18.7. The van der Waals surface area contributed by atoms with Crippen LogP contribution in [0.1, 0.15) is 28.8 Å². The van der Waals surface area contributed by atoms with Gasteiger partial charge in [-0.1, -0.05) is 6.07 Å². The maximum absolute atomic E-state index is 12.1. The Labute approximate surface area is 124 Å². The van der Waals surface area contributed by atoms with E-state index in [0.29, 0.717) is 23.6 Å². The molecule has 1 aliphatic heterocycles. The van der Waals surface area contributed by atoms with Crippen LogP contribution in [-0.4, -0.2) is 34.1 Å². The van der Waals surface area contributed by atoms with Gasteiger partial charge in [0.05, 0.1) is 4.90 Å². The second-order valence-electron chi connectivity index (χ2n) is 5.30. The third kappa shape index (κ3) is 4.26. The highest BCUT2D eigenvalue weighted by Gasteiger charge is 2.17. The molecule has 6 nitrogen and oxygen atoms in total. The average molecular weight is 312 g/mol. The molecule has 7 heteroatoms. The van der Waals surface area contributed by atoms with Crippen LogP contribution in [0.5, 0.6) is 0 Å². The van der Waals surface area contributed by atoms with E-state index in [9.17, 15) is 13.2 Å². The first-order valence-corrected chi connectivity index (χ1v) is 8.42. The molecule has 1 amide bonds. The fourth-order valence-corrected chi connectivity index (χ4v) is 2.86. The summed E-state index contributed by atoms with van der Waals surface area (Å²) in [5.74, 6) is 0.207. The van der Waals surface area contributed by atoms with Crippen LogP contribution in [0.3, 0.4) is 0 Å². The zero-order chi connectivity index (χ0) is 15.5. The standard InChI is InChI=1S/C14H20N2O4S/c1-10-2-3-12(21(15,18)19)8-13(10)14(17)16-6-4-11-5-7-20-9-11/h2-3,8,11H,4-7,9H2,1H3,(H,16,17)(H2,15,18,19)/t11-/m0/s1. The first kappa shape index (κ1) is 15.9. The maximum atomic E-state index is 12.1. The van der Waals surface area contributed by atoms with Crippen molar-refractivity contribution in [3.05, 3.63) is 29.3 Å². The molecular formula is C14H20N2O4S. The van der Waals surface area contributed by atoms with Gasteiger partial charge in [0.2, 0.25) is 10.0 Å². The lowest BCUT2D eigenvalue weighted by Gasteiger charge is -2.11. The van der Waals surface area contributed by atoms with Gasteiger partial charge in [0.15, 0.2) is 0 Å². The van der Waals surface area contributed by atoms with E-state index in [2.05, 4.69) is 5.32 Å². The topological polar surface area (TPSA) is 98.5 Å². The van der Waals surface area contributed by atoms with Crippen molar-refractivity contribution in [1.82, 2.24) is 5.32 Å². The largest absolute Gasteiger partial charge is 0.381 e. The first-order valence-electron chi connectivity index (χ1n) is 6.87. The third-order valence-corrected chi connectivity index (χ3v) is 4.56. The molecule has 2 rings (SSSR count). The zero-order valence-corrected chi connectivity index (χ0v) is 12.8. The molecule has 0 unspecified atom stereocenters. The molecule has 1 heterocycles. The van der Waals surface area contributed by atoms with Gasteiger partial charge in [-0.3, -0.25) is 4.79 Å². The minimum atomic E-state index is -3.81. The molecule has 0 aromatic heterocycles. The number of aryl methyl sites for hydroxylation is 1. The first-order chi connectivity index (χ1) is 9.88. The van der Waals surface area contributed by atoms with Gasteiger partial charge in [-0.15, -0.1) is 0 Å². The van der Waals surface area contributed by atoms with Crippen molar-refractivity contribution in [3.8, 4) is 0 Å². The number of benzene rings is 1. The summed E-state index contributed by atoms with van der Waals surface area (Å²) in [6.07, 6.45) is 1.88. The van der Waals surface area contributed by atoms with Crippen LogP contribution in [0, 0.1) is 12.8 Å². The fourth-order valence-electron chi connectivity index (χ4n) is 2.32. The van der Waals surface area contributed by atoms with Gasteiger partial charge in [-0.25, -0.2) is 13.6 Å². The van der Waals surface area contributed by atoms with Crippen molar-refractivity contribution < 1.29 is 17.9 Å². The van der Waals surface area contributed by atoms with E-state index in [1.807, 2.05) is 0 Å². The quantitative estimate of drug-likeness (QED) is 0.840. The Morgan fingerprint density at radius 3 is 2.86 bits per heavy atom. The van der Waals surface area contributed by atoms with E-state index >= 15 is 0 Å². The number of carbonyl (C=O) groups excluding carboxylic acids is 1. The van der Waals surface area contributed by atoms with E-state index < -0.39 is 10.0 Å². The van der Waals surface area contributed by atoms with E-state index in [4.69, 9.17) is 9.88 Å². The predicted molar refractivity (Wildman–Crippen MR) is 78.4 cm³/mol. The summed E-state index contributed by atoms with van der Waals surface area (Å²) in [4.78, 5) is 12.1. The molecule has 0 spiro atoms. The van der Waals surface area contributed by atoms with E-state index in [1.165, 1.54) is 12.1 Å². The Morgan fingerprint density at radius 2 is 2.24 bits per heavy atom. The minimum Gasteiger partial charge on any atom is -0.381 e. The molecule has 21 heavy (non-hydrogen) atoms. The highest BCUT2D eigenvalue weighted by atomic mass is 32.2. The van der Waals surface area contributed by atoms with Gasteiger partial charge in [0.25, 0.3) is 5.91 Å². The number of hydrogen-bond donors (Lipinski definition) is 2. The van der Waals surface area contributed by atoms with Crippen LogP contribution in [0.25, 0.3) is 0 Å². The molecule has 0 saturated carbocycles. The van der Waals surface area contributed by atoms with Crippen molar-refractivity contribution in [2.75, 3.05) is 19.8 Å². The summed E-state index contributed by atoms with van der Waals surface area (Å²) in [5, 5.41) is 7.90. The minimum absolute atomic E-state index is 0.0533. The summed E-state index contributed by atoms with van der Waals surface area (Å²) in [5.41, 5.74) is 1.05. The highest BCUT2D eigenvalue weighted by Crippen LogP contribution is 2.16. The predicted octanol–water partition coefficient (Wildman–Crippen LogP) is 0.799. The number of rotatable bonds is 5. The molecule has 116 valence electrons. The lowest BCUT2D eigenvalue weighted by Crippen LogP contribution is -2.27. The summed E-state index contributed by atoms with van der Waals surface area (Å²) < 4.78 is 28.0. The summed E-state index contributed by atoms with van der Waals surface area (Å²) >= 11 is 0. The van der Waals surface area contributed by atoms with E-state index in [1.54, 1.807) is 13.0 Å². The van der Waals surface area contributed by atoms with E-state index in [-0.39, 0.29) is 10.8 Å². The molecule has 1 aliphatic rings. The lowest BCUT2D eigenvalue weighted by molar-refractivity contribution is 0.0949. The SMILES string of the molecule is Cc1ccc(S(N)(=O)=O)cc1C(=O)NCC[C@H]1CCOC1. The Bertz CT molecular complexity index is 622. The summed E-state index contributed by atoms with van der Waals surface area (Å²) in [6.45, 7) is 3.84. The summed E-state index contributed by atoms with van der Waals surface area (Å²) in [6, 6.07) is 4.30. The number of primary sulfonamides is 1. The number of carbonyl (C=O) groups is 1. The number of ether oxygens (including phenoxy) is 1. The van der Waals surface area contributed by atoms with Crippen molar-refractivity contribution in [3.63, 3.8) is 0 Å².